The normalized spacial score (nSPS) is 12.3. The van der Waals surface area contributed by atoms with E-state index in [1.165, 1.54) is 0 Å². The van der Waals surface area contributed by atoms with Crippen molar-refractivity contribution in [2.24, 2.45) is 4.99 Å². The number of hydrogen-bond donors (Lipinski definition) is 2. The molecule has 0 spiro atoms. The summed E-state index contributed by atoms with van der Waals surface area (Å²) < 4.78 is 32.6. The van der Waals surface area contributed by atoms with E-state index >= 15 is 0 Å². The van der Waals surface area contributed by atoms with Gasteiger partial charge in [0.2, 0.25) is 16.0 Å². The summed E-state index contributed by atoms with van der Waals surface area (Å²) in [6, 6.07) is 16.2. The van der Waals surface area contributed by atoms with Crippen molar-refractivity contribution in [3.63, 3.8) is 0 Å². The van der Waals surface area contributed by atoms with Gasteiger partial charge in [0.15, 0.2) is 0 Å². The molecule has 1 heterocycles. The van der Waals surface area contributed by atoms with Crippen molar-refractivity contribution < 1.29 is 17.9 Å². The molecule has 12 heteroatoms. The summed E-state index contributed by atoms with van der Waals surface area (Å²) in [5.74, 6) is -0.282. The summed E-state index contributed by atoms with van der Waals surface area (Å²) in [6.45, 7) is 5.04. The minimum atomic E-state index is -3.72. The number of rotatable bonds is 5. The van der Waals surface area contributed by atoms with Crippen LogP contribution in [0.15, 0.2) is 59.6 Å². The molecule has 3 rings (SSSR count). The van der Waals surface area contributed by atoms with Gasteiger partial charge in [-0.2, -0.15) is 5.10 Å². The third kappa shape index (κ3) is 8.27. The van der Waals surface area contributed by atoms with Gasteiger partial charge in [0, 0.05) is 15.6 Å². The SMILES string of the molecule is CC(C)(C)OC(=O)NC(=NCc1cc(-c2ccc(Cl)cc2)n(-c2ccc(Cl)cc2)n1)NS(C)(=O)=O. The average molecular weight is 538 g/mol. The Kier molecular flexibility index (Phi) is 8.09. The molecule has 1 aromatic heterocycles. The monoisotopic (exact) mass is 537 g/mol. The van der Waals surface area contributed by atoms with Crippen molar-refractivity contribution in [1.82, 2.24) is 19.8 Å². The highest BCUT2D eigenvalue weighted by atomic mass is 35.5. The van der Waals surface area contributed by atoms with E-state index in [2.05, 4.69) is 20.1 Å². The van der Waals surface area contributed by atoms with Gasteiger partial charge in [-0.3, -0.25) is 10.0 Å². The van der Waals surface area contributed by atoms with Gasteiger partial charge in [0.1, 0.15) is 5.60 Å². The molecule has 186 valence electrons. The molecule has 1 amide bonds. The van der Waals surface area contributed by atoms with Crippen LogP contribution in [0, 0.1) is 0 Å². The molecule has 2 aromatic carbocycles. The van der Waals surface area contributed by atoms with Crippen molar-refractivity contribution in [3.8, 4) is 16.9 Å². The molecule has 0 aliphatic rings. The van der Waals surface area contributed by atoms with Crippen molar-refractivity contribution in [2.75, 3.05) is 6.26 Å². The number of alkyl carbamates (subject to hydrolysis) is 1. The lowest BCUT2D eigenvalue weighted by molar-refractivity contribution is 0.0562. The predicted octanol–water partition coefficient (Wildman–Crippen LogP) is 4.78. The molecule has 0 radical (unpaired) electrons. The second kappa shape index (κ2) is 10.7. The summed E-state index contributed by atoms with van der Waals surface area (Å²) in [5.41, 5.74) is 2.12. The number of halogens is 2. The zero-order chi connectivity index (χ0) is 25.8. The van der Waals surface area contributed by atoms with Gasteiger partial charge in [-0.15, -0.1) is 0 Å². The number of nitrogens with one attached hydrogen (secondary N) is 2. The molecular formula is C23H25Cl2N5O4S. The lowest BCUT2D eigenvalue weighted by atomic mass is 10.1. The van der Waals surface area contributed by atoms with Crippen LogP contribution in [0.3, 0.4) is 0 Å². The van der Waals surface area contributed by atoms with Crippen molar-refractivity contribution in [1.29, 1.82) is 0 Å². The minimum absolute atomic E-state index is 0.0329. The molecule has 35 heavy (non-hydrogen) atoms. The first-order chi connectivity index (χ1) is 16.3. The molecule has 9 nitrogen and oxygen atoms in total. The Morgan fingerprint density at radius 2 is 1.63 bits per heavy atom. The van der Waals surface area contributed by atoms with E-state index in [1.807, 2.05) is 30.3 Å². The third-order valence-corrected chi connectivity index (χ3v) is 5.34. The van der Waals surface area contributed by atoms with E-state index in [4.69, 9.17) is 27.9 Å². The summed E-state index contributed by atoms with van der Waals surface area (Å²) >= 11 is 12.1. The third-order valence-electron chi connectivity index (χ3n) is 4.27. The zero-order valence-corrected chi connectivity index (χ0v) is 21.9. The van der Waals surface area contributed by atoms with E-state index in [-0.39, 0.29) is 12.5 Å². The second-order valence-corrected chi connectivity index (χ2v) is 11.2. The van der Waals surface area contributed by atoms with Crippen LogP contribution in [-0.4, -0.2) is 42.1 Å². The van der Waals surface area contributed by atoms with Crippen molar-refractivity contribution >= 4 is 45.3 Å². The van der Waals surface area contributed by atoms with E-state index in [9.17, 15) is 13.2 Å². The minimum Gasteiger partial charge on any atom is -0.444 e. The molecule has 0 aliphatic carbocycles. The van der Waals surface area contributed by atoms with Gasteiger partial charge < -0.3 is 4.74 Å². The fourth-order valence-corrected chi connectivity index (χ4v) is 3.66. The number of carbonyl (C=O) groups excluding carboxylic acids is 1. The number of ether oxygens (including phenoxy) is 1. The quantitative estimate of drug-likeness (QED) is 0.359. The fraction of sp³-hybridized carbons (Fsp3) is 0.261. The topological polar surface area (TPSA) is 115 Å². The summed E-state index contributed by atoms with van der Waals surface area (Å²) in [5, 5.41) is 8.15. The van der Waals surface area contributed by atoms with Crippen molar-refractivity contribution in [2.45, 2.75) is 32.9 Å². The Morgan fingerprint density at radius 1 is 1.06 bits per heavy atom. The van der Waals surface area contributed by atoms with E-state index in [0.717, 1.165) is 23.2 Å². The number of nitrogens with zero attached hydrogens (tertiary/aromatic N) is 3. The molecule has 0 fully saturated rings. The highest BCUT2D eigenvalue weighted by molar-refractivity contribution is 7.89. The first-order valence-corrected chi connectivity index (χ1v) is 13.1. The average Bonchev–Trinajstić information content (AvgIpc) is 3.15. The fourth-order valence-electron chi connectivity index (χ4n) is 2.95. The predicted molar refractivity (Wildman–Crippen MR) is 138 cm³/mol. The van der Waals surface area contributed by atoms with Crippen LogP contribution < -0.4 is 10.0 Å². The molecule has 0 saturated carbocycles. The standard InChI is InChI=1S/C23H25Cl2N5O4S/c1-23(2,3)34-22(31)27-21(29-35(4,32)33)26-14-18-13-20(15-5-7-16(24)8-6-15)30(28-18)19-11-9-17(25)10-12-19/h5-13H,14H2,1-4H3,(H2,26,27,29,31). The lowest BCUT2D eigenvalue weighted by Gasteiger charge is -2.20. The molecule has 0 atom stereocenters. The molecule has 0 aliphatic heterocycles. The van der Waals surface area contributed by atoms with Gasteiger partial charge in [0.25, 0.3) is 0 Å². The first kappa shape index (κ1) is 26.5. The molecule has 0 saturated heterocycles. The van der Waals surface area contributed by atoms with Gasteiger partial charge >= 0.3 is 6.09 Å². The molecule has 0 unspecified atom stereocenters. The highest BCUT2D eigenvalue weighted by Gasteiger charge is 2.19. The lowest BCUT2D eigenvalue weighted by Crippen LogP contribution is -2.45. The Balaban J connectivity index is 1.96. The summed E-state index contributed by atoms with van der Waals surface area (Å²) in [4.78, 5) is 16.4. The van der Waals surface area contributed by atoms with Crippen LogP contribution in [0.5, 0.6) is 0 Å². The van der Waals surface area contributed by atoms with Gasteiger partial charge in [-0.1, -0.05) is 35.3 Å². The number of hydrogen-bond acceptors (Lipinski definition) is 6. The largest absolute Gasteiger partial charge is 0.444 e. The maximum Gasteiger partial charge on any atom is 0.414 e. The Hall–Kier alpha value is -3.08. The summed E-state index contributed by atoms with van der Waals surface area (Å²) in [7, 11) is -3.72. The van der Waals surface area contributed by atoms with Crippen LogP contribution in [0.4, 0.5) is 4.79 Å². The van der Waals surface area contributed by atoms with Crippen LogP contribution in [0.25, 0.3) is 16.9 Å². The van der Waals surface area contributed by atoms with Gasteiger partial charge in [-0.25, -0.2) is 22.9 Å². The van der Waals surface area contributed by atoms with E-state index in [1.54, 1.807) is 49.7 Å². The smallest absolute Gasteiger partial charge is 0.414 e. The summed E-state index contributed by atoms with van der Waals surface area (Å²) in [6.07, 6.45) is 0.105. The number of aliphatic imine (C=N–C) groups is 1. The maximum atomic E-state index is 12.2. The first-order valence-electron chi connectivity index (χ1n) is 10.4. The van der Waals surface area contributed by atoms with Crippen molar-refractivity contribution in [3.05, 3.63) is 70.3 Å². The molecule has 2 N–H and O–H groups in total. The van der Waals surface area contributed by atoms with Crippen LogP contribution in [0.2, 0.25) is 10.0 Å². The Labute approximate surface area is 214 Å². The van der Waals surface area contributed by atoms with E-state index in [0.29, 0.717) is 15.7 Å². The van der Waals surface area contributed by atoms with Crippen LogP contribution in [-0.2, 0) is 21.3 Å². The highest BCUT2D eigenvalue weighted by Crippen LogP contribution is 2.26. The van der Waals surface area contributed by atoms with E-state index < -0.39 is 21.7 Å². The Bertz CT molecular complexity index is 1270. The molecule has 0 bridgehead atoms. The number of sulfonamides is 1. The van der Waals surface area contributed by atoms with Crippen LogP contribution in [0.1, 0.15) is 26.5 Å². The molecule has 3 aromatic rings. The maximum absolute atomic E-state index is 12.2. The molecular weight excluding hydrogens is 513 g/mol. The Morgan fingerprint density at radius 3 is 2.17 bits per heavy atom. The van der Waals surface area contributed by atoms with Crippen LogP contribution >= 0.6 is 23.2 Å². The zero-order valence-electron chi connectivity index (χ0n) is 19.5. The number of carbonyl (C=O) groups is 1. The van der Waals surface area contributed by atoms with Gasteiger partial charge in [-0.05, 0) is 63.2 Å². The number of benzene rings is 2. The second-order valence-electron chi connectivity index (χ2n) is 8.58. The van der Waals surface area contributed by atoms with Gasteiger partial charge in [0.05, 0.1) is 29.9 Å². The number of amides is 1. The number of guanidine groups is 1. The number of aromatic nitrogens is 2.